The van der Waals surface area contributed by atoms with Crippen molar-refractivity contribution in [1.29, 1.82) is 0 Å². The van der Waals surface area contributed by atoms with E-state index >= 15 is 0 Å². The number of benzene rings is 1. The maximum atomic E-state index is 11.2. The molecule has 2 aromatic rings. The standard InChI is InChI=1S/C13H12BrN3O2/c1-19-13(18)11-7-17-12(8-15-11)16-6-9-3-2-4-10(14)5-9/h2-5,7-8H,6H2,1H3,(H,16,17). The summed E-state index contributed by atoms with van der Waals surface area (Å²) in [6.07, 6.45) is 2.89. The molecule has 6 heteroatoms. The molecule has 0 unspecified atom stereocenters. The highest BCUT2D eigenvalue weighted by atomic mass is 79.9. The van der Waals surface area contributed by atoms with Crippen LogP contribution in [0.15, 0.2) is 41.1 Å². The number of nitrogens with one attached hydrogen (secondary N) is 1. The van der Waals surface area contributed by atoms with Gasteiger partial charge in [-0.2, -0.15) is 0 Å². The molecule has 0 aliphatic heterocycles. The van der Waals surface area contributed by atoms with E-state index in [0.717, 1.165) is 10.0 Å². The summed E-state index contributed by atoms with van der Waals surface area (Å²) in [7, 11) is 1.31. The number of ether oxygens (including phenoxy) is 1. The molecule has 0 bridgehead atoms. The first-order valence-electron chi connectivity index (χ1n) is 5.57. The van der Waals surface area contributed by atoms with Crippen molar-refractivity contribution in [1.82, 2.24) is 9.97 Å². The van der Waals surface area contributed by atoms with E-state index in [0.29, 0.717) is 12.4 Å². The number of esters is 1. The first kappa shape index (κ1) is 13.5. The number of methoxy groups -OCH3 is 1. The van der Waals surface area contributed by atoms with Gasteiger partial charge in [0.1, 0.15) is 5.82 Å². The highest BCUT2D eigenvalue weighted by molar-refractivity contribution is 9.10. The van der Waals surface area contributed by atoms with Crippen molar-refractivity contribution in [3.63, 3.8) is 0 Å². The molecule has 0 atom stereocenters. The molecule has 5 nitrogen and oxygen atoms in total. The Hall–Kier alpha value is -1.95. The maximum Gasteiger partial charge on any atom is 0.358 e. The van der Waals surface area contributed by atoms with E-state index in [9.17, 15) is 4.79 Å². The van der Waals surface area contributed by atoms with Gasteiger partial charge in [-0.25, -0.2) is 14.8 Å². The molecule has 0 amide bonds. The van der Waals surface area contributed by atoms with Gasteiger partial charge in [-0.15, -0.1) is 0 Å². The number of hydrogen-bond donors (Lipinski definition) is 1. The molecule has 98 valence electrons. The van der Waals surface area contributed by atoms with E-state index in [1.807, 2.05) is 24.3 Å². The largest absolute Gasteiger partial charge is 0.464 e. The second-order valence-corrected chi connectivity index (χ2v) is 4.68. The fraction of sp³-hybridized carbons (Fsp3) is 0.154. The minimum Gasteiger partial charge on any atom is -0.464 e. The van der Waals surface area contributed by atoms with Crippen LogP contribution in [0.4, 0.5) is 5.82 Å². The molecule has 2 rings (SSSR count). The van der Waals surface area contributed by atoms with E-state index in [1.54, 1.807) is 0 Å². The minimum absolute atomic E-state index is 0.190. The van der Waals surface area contributed by atoms with Gasteiger partial charge >= 0.3 is 5.97 Å². The number of nitrogens with zero attached hydrogens (tertiary/aromatic N) is 2. The number of carbonyl (C=O) groups is 1. The van der Waals surface area contributed by atoms with Gasteiger partial charge in [0.2, 0.25) is 0 Å². The van der Waals surface area contributed by atoms with Crippen LogP contribution in [-0.4, -0.2) is 23.0 Å². The number of halogens is 1. The molecule has 0 spiro atoms. The zero-order valence-electron chi connectivity index (χ0n) is 10.3. The van der Waals surface area contributed by atoms with Gasteiger partial charge in [-0.05, 0) is 17.7 Å². The van der Waals surface area contributed by atoms with Crippen molar-refractivity contribution in [2.24, 2.45) is 0 Å². The van der Waals surface area contributed by atoms with E-state index in [2.05, 4.69) is 36.0 Å². The fourth-order valence-corrected chi connectivity index (χ4v) is 1.92. The van der Waals surface area contributed by atoms with Gasteiger partial charge in [0.05, 0.1) is 19.5 Å². The second-order valence-electron chi connectivity index (χ2n) is 3.76. The fourth-order valence-electron chi connectivity index (χ4n) is 1.47. The number of hydrogen-bond acceptors (Lipinski definition) is 5. The van der Waals surface area contributed by atoms with Crippen molar-refractivity contribution in [2.45, 2.75) is 6.54 Å². The SMILES string of the molecule is COC(=O)c1cnc(NCc2cccc(Br)c2)cn1. The lowest BCUT2D eigenvalue weighted by Crippen LogP contribution is -2.07. The highest BCUT2D eigenvalue weighted by Gasteiger charge is 2.07. The first-order chi connectivity index (χ1) is 9.19. The topological polar surface area (TPSA) is 64.1 Å². The van der Waals surface area contributed by atoms with Crippen molar-refractivity contribution < 1.29 is 9.53 Å². The van der Waals surface area contributed by atoms with E-state index in [4.69, 9.17) is 0 Å². The van der Waals surface area contributed by atoms with Crippen molar-refractivity contribution in [2.75, 3.05) is 12.4 Å². The molecule has 0 saturated heterocycles. The molecule has 1 heterocycles. The van der Waals surface area contributed by atoms with Crippen LogP contribution in [0.5, 0.6) is 0 Å². The number of aromatic nitrogens is 2. The third-order valence-electron chi connectivity index (χ3n) is 2.41. The lowest BCUT2D eigenvalue weighted by Gasteiger charge is -2.06. The monoisotopic (exact) mass is 321 g/mol. The molecule has 0 radical (unpaired) electrons. The zero-order chi connectivity index (χ0) is 13.7. The average Bonchev–Trinajstić information content (AvgIpc) is 2.45. The second kappa shape index (κ2) is 6.29. The number of carbonyl (C=O) groups excluding carboxylic acids is 1. The Labute approximate surface area is 119 Å². The summed E-state index contributed by atoms with van der Waals surface area (Å²) < 4.78 is 5.58. The Balaban J connectivity index is 1.98. The molecule has 1 aromatic carbocycles. The predicted molar refractivity (Wildman–Crippen MR) is 74.8 cm³/mol. The van der Waals surface area contributed by atoms with Gasteiger partial charge in [-0.3, -0.25) is 0 Å². The summed E-state index contributed by atoms with van der Waals surface area (Å²) in [5.41, 5.74) is 1.31. The Kier molecular flexibility index (Phi) is 4.46. The predicted octanol–water partition coefficient (Wildman–Crippen LogP) is 2.64. The van der Waals surface area contributed by atoms with Gasteiger partial charge < -0.3 is 10.1 Å². The number of anilines is 1. The molecular weight excluding hydrogens is 310 g/mol. The van der Waals surface area contributed by atoms with Gasteiger partial charge in [0, 0.05) is 11.0 Å². The molecular formula is C13H12BrN3O2. The van der Waals surface area contributed by atoms with Crippen LogP contribution in [0.2, 0.25) is 0 Å². The Bertz CT molecular complexity index is 572. The summed E-state index contributed by atoms with van der Waals surface area (Å²) in [6.45, 7) is 0.631. The number of rotatable bonds is 4. The first-order valence-corrected chi connectivity index (χ1v) is 6.37. The molecule has 0 fully saturated rings. The maximum absolute atomic E-state index is 11.2. The smallest absolute Gasteiger partial charge is 0.358 e. The summed E-state index contributed by atoms with van der Waals surface area (Å²) in [4.78, 5) is 19.3. The van der Waals surface area contributed by atoms with Crippen LogP contribution in [0, 0.1) is 0 Å². The summed E-state index contributed by atoms with van der Waals surface area (Å²) >= 11 is 3.41. The van der Waals surface area contributed by atoms with Gasteiger partial charge in [0.15, 0.2) is 5.69 Å². The summed E-state index contributed by atoms with van der Waals surface area (Å²) in [6, 6.07) is 7.96. The Morgan fingerprint density at radius 1 is 1.37 bits per heavy atom. The van der Waals surface area contributed by atoms with Crippen LogP contribution in [0.3, 0.4) is 0 Å². The lowest BCUT2D eigenvalue weighted by molar-refractivity contribution is 0.0593. The molecule has 1 aromatic heterocycles. The van der Waals surface area contributed by atoms with Gasteiger partial charge in [0.25, 0.3) is 0 Å². The quantitative estimate of drug-likeness (QED) is 0.877. The molecule has 0 saturated carbocycles. The van der Waals surface area contributed by atoms with E-state index < -0.39 is 5.97 Å². The lowest BCUT2D eigenvalue weighted by atomic mass is 10.2. The molecule has 0 aliphatic carbocycles. The minimum atomic E-state index is -0.494. The summed E-state index contributed by atoms with van der Waals surface area (Å²) in [5.74, 6) is 0.110. The van der Waals surface area contributed by atoms with Crippen LogP contribution in [-0.2, 0) is 11.3 Å². The third kappa shape index (κ3) is 3.75. The Morgan fingerprint density at radius 2 is 2.21 bits per heavy atom. The van der Waals surface area contributed by atoms with Crippen molar-refractivity contribution >= 4 is 27.7 Å². The molecule has 19 heavy (non-hydrogen) atoms. The van der Waals surface area contributed by atoms with E-state index in [-0.39, 0.29) is 5.69 Å². The van der Waals surface area contributed by atoms with Crippen LogP contribution in [0.25, 0.3) is 0 Å². The third-order valence-corrected chi connectivity index (χ3v) is 2.90. The zero-order valence-corrected chi connectivity index (χ0v) is 11.8. The van der Waals surface area contributed by atoms with E-state index in [1.165, 1.54) is 19.5 Å². The van der Waals surface area contributed by atoms with Crippen LogP contribution >= 0.6 is 15.9 Å². The van der Waals surface area contributed by atoms with Crippen molar-refractivity contribution in [3.05, 3.63) is 52.4 Å². The average molecular weight is 322 g/mol. The van der Waals surface area contributed by atoms with Crippen molar-refractivity contribution in [3.8, 4) is 0 Å². The van der Waals surface area contributed by atoms with Crippen LogP contribution < -0.4 is 5.32 Å². The molecule has 0 aliphatic rings. The molecule has 1 N–H and O–H groups in total. The summed E-state index contributed by atoms with van der Waals surface area (Å²) in [5, 5.41) is 3.13. The van der Waals surface area contributed by atoms with Crippen LogP contribution in [0.1, 0.15) is 16.1 Å². The highest BCUT2D eigenvalue weighted by Crippen LogP contribution is 2.12. The van der Waals surface area contributed by atoms with Gasteiger partial charge in [-0.1, -0.05) is 28.1 Å². The Morgan fingerprint density at radius 3 is 2.84 bits per heavy atom. The normalized spacial score (nSPS) is 10.0.